The first-order valence-electron chi connectivity index (χ1n) is 8.30. The quantitative estimate of drug-likeness (QED) is 0.908. The molecule has 1 aliphatic carbocycles. The lowest BCUT2D eigenvalue weighted by molar-refractivity contribution is 0.320. The minimum absolute atomic E-state index is 0.129. The van der Waals surface area contributed by atoms with E-state index < -0.39 is 0 Å². The van der Waals surface area contributed by atoms with Gasteiger partial charge in [-0.15, -0.1) is 0 Å². The third-order valence-electron chi connectivity index (χ3n) is 4.57. The smallest absolute Gasteiger partial charge is 0.133 e. The highest BCUT2D eigenvalue weighted by atomic mass is 15.2. The summed E-state index contributed by atoms with van der Waals surface area (Å²) in [6, 6.07) is 4.87. The monoisotopic (exact) mass is 289 g/mol. The van der Waals surface area contributed by atoms with E-state index in [1.54, 1.807) is 0 Å². The summed E-state index contributed by atoms with van der Waals surface area (Å²) in [6.45, 7) is 9.87. The Bertz CT molecular complexity index is 450. The zero-order valence-electron chi connectivity index (χ0n) is 14.3. The molecule has 0 saturated heterocycles. The first kappa shape index (κ1) is 16.3. The Morgan fingerprint density at radius 2 is 2.00 bits per heavy atom. The van der Waals surface area contributed by atoms with Crippen molar-refractivity contribution in [2.75, 3.05) is 11.9 Å². The molecule has 0 radical (unpaired) electrons. The molecule has 1 saturated carbocycles. The third-order valence-corrected chi connectivity index (χ3v) is 4.57. The molecule has 1 fully saturated rings. The van der Waals surface area contributed by atoms with Gasteiger partial charge >= 0.3 is 0 Å². The Kier molecular flexibility index (Phi) is 5.26. The van der Waals surface area contributed by atoms with E-state index >= 15 is 0 Å². The third kappa shape index (κ3) is 4.44. The highest BCUT2D eigenvalue weighted by Gasteiger charge is 2.27. The summed E-state index contributed by atoms with van der Waals surface area (Å²) >= 11 is 0. The van der Waals surface area contributed by atoms with Crippen molar-refractivity contribution in [3.05, 3.63) is 23.9 Å². The minimum Gasteiger partial charge on any atom is -0.356 e. The predicted molar refractivity (Wildman–Crippen MR) is 90.7 cm³/mol. The minimum atomic E-state index is 0.129. The van der Waals surface area contributed by atoms with E-state index in [1.807, 2.05) is 12.3 Å². The Morgan fingerprint density at radius 1 is 1.29 bits per heavy atom. The molecule has 1 heterocycles. The summed E-state index contributed by atoms with van der Waals surface area (Å²) < 4.78 is 0. The number of pyridine rings is 1. The van der Waals surface area contributed by atoms with E-state index in [9.17, 15) is 0 Å². The summed E-state index contributed by atoms with van der Waals surface area (Å²) in [5, 5.41) is 3.58. The van der Waals surface area contributed by atoms with Crippen LogP contribution in [0.15, 0.2) is 18.3 Å². The lowest BCUT2D eigenvalue weighted by Crippen LogP contribution is -2.41. The molecule has 0 bridgehead atoms. The second kappa shape index (κ2) is 6.78. The standard InChI is InChI=1S/C18H31N3/c1-14-9-6-7-11-16(14)21(5)17-15(10-8-12-19-17)13-20-18(2,3)4/h8,10,12,14,16,20H,6-7,9,11,13H2,1-5H3. The van der Waals surface area contributed by atoms with Crippen LogP contribution in [0.3, 0.4) is 0 Å². The summed E-state index contributed by atoms with van der Waals surface area (Å²) in [4.78, 5) is 7.09. The molecule has 118 valence electrons. The molecule has 2 rings (SSSR count). The van der Waals surface area contributed by atoms with Crippen molar-refractivity contribution in [1.82, 2.24) is 10.3 Å². The van der Waals surface area contributed by atoms with E-state index in [0.29, 0.717) is 6.04 Å². The SMILES string of the molecule is CC1CCCCC1N(C)c1ncccc1CNC(C)(C)C. The molecular weight excluding hydrogens is 258 g/mol. The zero-order valence-corrected chi connectivity index (χ0v) is 14.3. The largest absolute Gasteiger partial charge is 0.356 e. The molecule has 0 amide bonds. The molecular formula is C18H31N3. The van der Waals surface area contributed by atoms with Crippen LogP contribution in [0.5, 0.6) is 0 Å². The van der Waals surface area contributed by atoms with Crippen LogP contribution in [0.25, 0.3) is 0 Å². The Hall–Kier alpha value is -1.09. The molecule has 1 aliphatic rings. The highest BCUT2D eigenvalue weighted by Crippen LogP contribution is 2.31. The van der Waals surface area contributed by atoms with Crippen molar-refractivity contribution in [2.45, 2.75) is 71.5 Å². The molecule has 1 aromatic heterocycles. The second-order valence-electron chi connectivity index (χ2n) is 7.53. The van der Waals surface area contributed by atoms with Crippen LogP contribution in [-0.2, 0) is 6.54 Å². The van der Waals surface area contributed by atoms with Crippen molar-refractivity contribution in [2.24, 2.45) is 5.92 Å². The molecule has 21 heavy (non-hydrogen) atoms. The average molecular weight is 289 g/mol. The molecule has 1 N–H and O–H groups in total. The summed E-state index contributed by atoms with van der Waals surface area (Å²) in [5.41, 5.74) is 1.43. The van der Waals surface area contributed by atoms with E-state index in [4.69, 9.17) is 0 Å². The van der Waals surface area contributed by atoms with Gasteiger partial charge in [0, 0.05) is 36.9 Å². The van der Waals surface area contributed by atoms with Gasteiger partial charge in [0.25, 0.3) is 0 Å². The molecule has 2 atom stereocenters. The normalized spacial score (nSPS) is 23.1. The number of aromatic nitrogens is 1. The Balaban J connectivity index is 2.14. The fourth-order valence-corrected chi connectivity index (χ4v) is 3.28. The number of rotatable bonds is 4. The van der Waals surface area contributed by atoms with Crippen molar-refractivity contribution in [3.8, 4) is 0 Å². The van der Waals surface area contributed by atoms with Gasteiger partial charge in [-0.1, -0.05) is 25.8 Å². The van der Waals surface area contributed by atoms with Gasteiger partial charge in [-0.05, 0) is 45.6 Å². The summed E-state index contributed by atoms with van der Waals surface area (Å²) in [6.07, 6.45) is 7.28. The van der Waals surface area contributed by atoms with Gasteiger partial charge in [-0.25, -0.2) is 4.98 Å². The van der Waals surface area contributed by atoms with Crippen LogP contribution < -0.4 is 10.2 Å². The molecule has 3 nitrogen and oxygen atoms in total. The van der Waals surface area contributed by atoms with Gasteiger partial charge < -0.3 is 10.2 Å². The molecule has 0 aliphatic heterocycles. The van der Waals surface area contributed by atoms with Gasteiger partial charge in [-0.2, -0.15) is 0 Å². The van der Waals surface area contributed by atoms with Crippen molar-refractivity contribution in [1.29, 1.82) is 0 Å². The van der Waals surface area contributed by atoms with Crippen LogP contribution in [0, 0.1) is 5.92 Å². The maximum Gasteiger partial charge on any atom is 0.133 e. The van der Waals surface area contributed by atoms with Crippen LogP contribution in [0.1, 0.15) is 58.9 Å². The summed E-state index contributed by atoms with van der Waals surface area (Å²) in [5.74, 6) is 1.90. The van der Waals surface area contributed by atoms with Crippen molar-refractivity contribution in [3.63, 3.8) is 0 Å². The van der Waals surface area contributed by atoms with Gasteiger partial charge in [0.1, 0.15) is 5.82 Å². The molecule has 0 aromatic carbocycles. The molecule has 1 aromatic rings. The van der Waals surface area contributed by atoms with Crippen LogP contribution >= 0.6 is 0 Å². The van der Waals surface area contributed by atoms with Crippen LogP contribution in [0.2, 0.25) is 0 Å². The van der Waals surface area contributed by atoms with Crippen molar-refractivity contribution < 1.29 is 0 Å². The second-order valence-corrected chi connectivity index (χ2v) is 7.53. The first-order valence-corrected chi connectivity index (χ1v) is 8.30. The number of hydrogen-bond acceptors (Lipinski definition) is 3. The van der Waals surface area contributed by atoms with Gasteiger partial charge in [-0.3, -0.25) is 0 Å². The lowest BCUT2D eigenvalue weighted by Gasteiger charge is -2.38. The summed E-state index contributed by atoms with van der Waals surface area (Å²) in [7, 11) is 2.22. The van der Waals surface area contributed by atoms with E-state index in [2.05, 4.69) is 56.0 Å². The van der Waals surface area contributed by atoms with Crippen LogP contribution in [0.4, 0.5) is 5.82 Å². The van der Waals surface area contributed by atoms with Gasteiger partial charge in [0.2, 0.25) is 0 Å². The van der Waals surface area contributed by atoms with E-state index in [-0.39, 0.29) is 5.54 Å². The number of hydrogen-bond donors (Lipinski definition) is 1. The fourth-order valence-electron chi connectivity index (χ4n) is 3.28. The number of nitrogens with zero attached hydrogens (tertiary/aromatic N) is 2. The average Bonchev–Trinajstić information content (AvgIpc) is 2.44. The number of nitrogens with one attached hydrogen (secondary N) is 1. The first-order chi connectivity index (χ1) is 9.88. The molecule has 0 spiro atoms. The number of anilines is 1. The molecule has 3 heteroatoms. The molecule has 2 unspecified atom stereocenters. The predicted octanol–water partition coefficient (Wildman–Crippen LogP) is 3.98. The van der Waals surface area contributed by atoms with E-state index in [1.165, 1.54) is 31.2 Å². The Morgan fingerprint density at radius 3 is 2.67 bits per heavy atom. The maximum absolute atomic E-state index is 4.67. The van der Waals surface area contributed by atoms with Gasteiger partial charge in [0.05, 0.1) is 0 Å². The van der Waals surface area contributed by atoms with E-state index in [0.717, 1.165) is 18.3 Å². The topological polar surface area (TPSA) is 28.2 Å². The fraction of sp³-hybridized carbons (Fsp3) is 0.722. The zero-order chi connectivity index (χ0) is 15.5. The van der Waals surface area contributed by atoms with Crippen molar-refractivity contribution >= 4 is 5.82 Å². The highest BCUT2D eigenvalue weighted by molar-refractivity contribution is 5.47. The maximum atomic E-state index is 4.67. The van der Waals surface area contributed by atoms with Crippen LogP contribution in [-0.4, -0.2) is 23.6 Å². The van der Waals surface area contributed by atoms with Gasteiger partial charge in [0.15, 0.2) is 0 Å². The lowest BCUT2D eigenvalue weighted by atomic mass is 9.85. The Labute approximate surface area is 130 Å².